The molecule has 0 unspecified atom stereocenters. The van der Waals surface area contributed by atoms with Crippen molar-refractivity contribution in [3.8, 4) is 0 Å². The summed E-state index contributed by atoms with van der Waals surface area (Å²) in [6, 6.07) is 8.87. The van der Waals surface area contributed by atoms with Gasteiger partial charge in [-0.1, -0.05) is 312 Å². The van der Waals surface area contributed by atoms with Crippen LogP contribution in [0.15, 0.2) is 125 Å². The van der Waals surface area contributed by atoms with Gasteiger partial charge in [0.2, 0.25) is 18.7 Å². The second-order valence-corrected chi connectivity index (χ2v) is 36.4. The first-order chi connectivity index (χ1) is 47.2. The van der Waals surface area contributed by atoms with Crippen molar-refractivity contribution in [2.45, 2.75) is 376 Å². The Kier molecular flexibility index (Phi) is 63.4. The second kappa shape index (κ2) is 56.0. The van der Waals surface area contributed by atoms with E-state index in [0.29, 0.717) is 11.9 Å². The number of carboxylic acids is 1. The lowest BCUT2D eigenvalue weighted by Crippen LogP contribution is -2.14. The number of nitrogens with one attached hydrogen (secondary N) is 1. The molecule has 0 bridgehead atoms. The first-order valence-electron chi connectivity index (χ1n) is 34.2. The molecule has 0 spiro atoms. The van der Waals surface area contributed by atoms with E-state index in [2.05, 4.69) is 221 Å². The number of alkyl halides is 3. The van der Waals surface area contributed by atoms with Gasteiger partial charge in [0.1, 0.15) is 22.8 Å². The molecule has 10 heterocycles. The van der Waals surface area contributed by atoms with Gasteiger partial charge in [0, 0.05) is 105 Å². The maximum Gasteiger partial charge on any atom is 0.433 e. The fraction of sp³-hybridized carbons (Fsp3) is 0.644. The Labute approximate surface area is 705 Å². The fourth-order valence-electron chi connectivity index (χ4n) is 7.07. The summed E-state index contributed by atoms with van der Waals surface area (Å²) in [5.41, 5.74) is 7.02. The number of hydrogen-bond acceptors (Lipinski definition) is 21. The van der Waals surface area contributed by atoms with E-state index in [9.17, 15) is 18.0 Å². The van der Waals surface area contributed by atoms with E-state index in [1.54, 1.807) is 59.2 Å². The van der Waals surface area contributed by atoms with Crippen molar-refractivity contribution in [3.63, 3.8) is 0 Å². The summed E-state index contributed by atoms with van der Waals surface area (Å²) in [5, 5.41) is 53.6. The zero-order valence-electron chi connectivity index (χ0n) is 67.9. The van der Waals surface area contributed by atoms with Crippen LogP contribution in [0.4, 0.5) is 13.2 Å². The van der Waals surface area contributed by atoms with Crippen molar-refractivity contribution >= 4 is 28.6 Å². The minimum atomic E-state index is -4.35. The van der Waals surface area contributed by atoms with Crippen LogP contribution in [0.3, 0.4) is 0 Å². The smallest absolute Gasteiger partial charge is 0.433 e. The number of rotatable bonds is 3. The number of nitrogens with zero attached hydrogens (tertiary/aromatic N) is 18. The molecule has 0 aliphatic carbocycles. The Morgan fingerprint density at radius 1 is 0.478 bits per heavy atom. The Bertz CT molecular complexity index is 3490. The molecule has 0 amide bonds. The summed E-state index contributed by atoms with van der Waals surface area (Å²) in [6.45, 7) is 66.9. The number of hydrogen-bond donors (Lipinski definition) is 2. The minimum absolute atomic E-state index is 0. The maximum absolute atomic E-state index is 12.2. The van der Waals surface area contributed by atoms with Gasteiger partial charge in [-0.25, -0.2) is 4.98 Å². The Morgan fingerprint density at radius 2 is 1.00 bits per heavy atom. The van der Waals surface area contributed by atoms with E-state index in [1.165, 1.54) is 45.9 Å². The van der Waals surface area contributed by atoms with Crippen LogP contribution in [0.1, 0.15) is 371 Å². The third-order valence-electron chi connectivity index (χ3n) is 13.6. The normalized spacial score (nSPS) is 10.9. The predicted octanol–water partition coefficient (Wildman–Crippen LogP) is 26.1. The lowest BCUT2D eigenvalue weighted by atomic mass is 9.88. The molecular formula is C87H164F3N19O4S2. The SMILES string of the molecule is C.C.C.C.C.C.C.C.C.C.C.CC(C)(C)c1ccc(C(F)(F)F)nc1.CC(C)(C)c1cccnc1.CC(C)(C)c1ccn(CC(=O)O)n1.CC(C)(C)c1cnccn1.CC(C)(C)c1nccs1.CC(C)(C)c1ncon1.CC(C)(C)c1nn[nH]n1.CC(C)(C)c1nnco1.CC(C)(C)c1nncs1.CC(C)n1cc(C(C)(C)C)cn1. The number of pyridine rings is 2. The van der Waals surface area contributed by atoms with Crippen LogP contribution in [-0.2, 0) is 71.7 Å². The quantitative estimate of drug-likeness (QED) is 0.166. The van der Waals surface area contributed by atoms with Gasteiger partial charge >= 0.3 is 12.1 Å². The summed E-state index contributed by atoms with van der Waals surface area (Å²) in [4.78, 5) is 34.1. The first kappa shape index (κ1) is 130. The number of H-pyrrole nitrogens is 1. The molecule has 0 aliphatic rings. The van der Waals surface area contributed by atoms with Gasteiger partial charge in [-0.15, -0.1) is 53.3 Å². The van der Waals surface area contributed by atoms with Crippen molar-refractivity contribution in [1.29, 1.82) is 0 Å². The molecule has 10 rings (SSSR count). The van der Waals surface area contributed by atoms with E-state index >= 15 is 0 Å². The molecule has 10 aromatic rings. The van der Waals surface area contributed by atoms with Crippen LogP contribution in [0.2, 0.25) is 0 Å². The van der Waals surface area contributed by atoms with Crippen LogP contribution in [0.5, 0.6) is 0 Å². The van der Waals surface area contributed by atoms with Crippen LogP contribution in [-0.4, -0.2) is 107 Å². The largest absolute Gasteiger partial charge is 0.480 e. The van der Waals surface area contributed by atoms with Crippen molar-refractivity contribution < 1.29 is 32.0 Å². The van der Waals surface area contributed by atoms with E-state index in [0.717, 1.165) is 39.7 Å². The third kappa shape index (κ3) is 54.2. The molecule has 0 saturated carbocycles. The number of aromatic amines is 1. The molecule has 0 fully saturated rings. The molecule has 0 aromatic carbocycles. The monoisotopic (exact) mass is 1660 g/mol. The lowest BCUT2D eigenvalue weighted by Gasteiger charge is -2.18. The van der Waals surface area contributed by atoms with E-state index in [1.807, 2.05) is 145 Å². The molecule has 2 N–H and O–H groups in total. The van der Waals surface area contributed by atoms with Crippen LogP contribution in [0.25, 0.3) is 0 Å². The molecular weight excluding hydrogens is 1500 g/mol. The summed E-state index contributed by atoms with van der Waals surface area (Å²) in [7, 11) is 0. The third-order valence-corrected chi connectivity index (χ3v) is 15.9. The highest BCUT2D eigenvalue weighted by molar-refractivity contribution is 7.09. The van der Waals surface area contributed by atoms with Gasteiger partial charge in [0.15, 0.2) is 11.6 Å². The number of tetrazole rings is 1. The number of carbonyl (C=O) groups is 1. The Balaban J connectivity index is -0.000000115. The van der Waals surface area contributed by atoms with Gasteiger partial charge in [-0.05, 0) is 65.0 Å². The predicted molar refractivity (Wildman–Crippen MR) is 484 cm³/mol. The number of carboxylic acid groups (broad SMARTS) is 1. The summed E-state index contributed by atoms with van der Waals surface area (Å²) in [5.74, 6) is 1.32. The standard InChI is InChI=1S/C10H12F3N.C10H18N2.C9H14N2O2.C9H13N.C8H12N2.C7H11NS.2C6H10N2O.C6H10N2S.C5H10N4.11CH4/c1-9(2,3)7-4-5-8(14-6-7)10(11,12)13;1-8(2)12-7-9(6-11-12)10(3,4)5;1-9(2,3)7-4-5-11(10-7)6-8(12)13;1-9(2,3)8-5-4-6-10-7-8;1-8(2,3)7-6-9-4-5-10-7;1-7(2,3)6-8-4-5-9-6;1-6(2,3)5-8-7-4-9-5;1-6(2,3)5-7-4-9-8-5;1-6(2,3)5-8-7-4-9-5;1-5(2,3)4-6-8-9-7-4;;;;;;;;;;;/h4-6H,1-3H3;6-8H,1-5H3;4-5H,6H2,1-3H3,(H,12,13);4-7H,1-3H3;4-6H,1-3H3;4-5H,1-3H3;3*4H,1-3H3;1-3H3,(H,6,7,8,9);11*1H4. The molecule has 0 saturated heterocycles. The van der Waals surface area contributed by atoms with E-state index in [-0.39, 0.29) is 142 Å². The highest BCUT2D eigenvalue weighted by Gasteiger charge is 2.33. The highest BCUT2D eigenvalue weighted by atomic mass is 32.1. The molecule has 0 aliphatic heterocycles. The minimum Gasteiger partial charge on any atom is -0.480 e. The van der Waals surface area contributed by atoms with E-state index < -0.39 is 17.8 Å². The van der Waals surface area contributed by atoms with Gasteiger partial charge in [-0.3, -0.25) is 34.1 Å². The average Bonchev–Trinajstić information content (AvgIpc) is 1.83. The lowest BCUT2D eigenvalue weighted by molar-refractivity contribution is -0.141. The highest BCUT2D eigenvalue weighted by Crippen LogP contribution is 2.31. The van der Waals surface area contributed by atoms with Crippen molar-refractivity contribution in [2.24, 2.45) is 0 Å². The summed E-state index contributed by atoms with van der Waals surface area (Å²) < 4.78 is 49.5. The molecule has 0 atom stereocenters. The first-order valence-corrected chi connectivity index (χ1v) is 36.0. The fourth-order valence-corrected chi connectivity index (χ4v) is 8.44. The molecule has 115 heavy (non-hydrogen) atoms. The van der Waals surface area contributed by atoms with Gasteiger partial charge in [-0.2, -0.15) is 33.6 Å². The summed E-state index contributed by atoms with van der Waals surface area (Å²) >= 11 is 3.33. The molecule has 23 nitrogen and oxygen atoms in total. The van der Waals surface area contributed by atoms with Crippen LogP contribution >= 0.6 is 22.7 Å². The zero-order valence-corrected chi connectivity index (χ0v) is 69.6. The number of aromatic nitrogens is 19. The number of thiazole rings is 1. The van der Waals surface area contributed by atoms with Crippen LogP contribution < -0.4 is 0 Å². The zero-order chi connectivity index (χ0) is 80.2. The molecule has 28 heteroatoms. The van der Waals surface area contributed by atoms with Crippen molar-refractivity contribution in [3.05, 3.63) is 177 Å². The molecule has 0 radical (unpaired) electrons. The van der Waals surface area contributed by atoms with Crippen molar-refractivity contribution in [2.75, 3.05) is 0 Å². The molecule has 664 valence electrons. The Morgan fingerprint density at radius 3 is 1.24 bits per heavy atom. The Hall–Kier alpha value is -8.40. The van der Waals surface area contributed by atoms with E-state index in [4.69, 9.17) is 9.52 Å². The topological polar surface area (TPSA) is 295 Å². The summed E-state index contributed by atoms with van der Waals surface area (Å²) in [6.07, 6.45) is 16.2. The van der Waals surface area contributed by atoms with Gasteiger partial charge in [0.25, 0.3) is 0 Å². The van der Waals surface area contributed by atoms with Crippen LogP contribution in [0, 0.1) is 0 Å². The number of aliphatic carboxylic acids is 1. The number of halogens is 3. The van der Waals surface area contributed by atoms with Gasteiger partial charge in [0.05, 0.1) is 22.6 Å². The average molecular weight is 1660 g/mol. The second-order valence-electron chi connectivity index (χ2n) is 34.7. The molecule has 10 aromatic heterocycles. The maximum atomic E-state index is 12.2. The van der Waals surface area contributed by atoms with Gasteiger partial charge < -0.3 is 14.0 Å². The van der Waals surface area contributed by atoms with Crippen molar-refractivity contribution in [1.82, 2.24) is 95.6 Å².